The monoisotopic (exact) mass is 689 g/mol. The molecular formula is C34H51N5O6S2. The molecule has 13 heteroatoms. The van der Waals surface area contributed by atoms with Gasteiger partial charge >= 0.3 is 0 Å². The highest BCUT2D eigenvalue weighted by Gasteiger charge is 2.33. The molecule has 1 aliphatic carbocycles. The van der Waals surface area contributed by atoms with E-state index in [2.05, 4.69) is 22.5 Å². The van der Waals surface area contributed by atoms with Crippen molar-refractivity contribution < 1.29 is 26.9 Å². The Bertz CT molecular complexity index is 1620. The second-order valence-corrected chi connectivity index (χ2v) is 16.5. The van der Waals surface area contributed by atoms with Crippen LogP contribution in [0.1, 0.15) is 87.8 Å². The summed E-state index contributed by atoms with van der Waals surface area (Å²) in [5.74, 6) is 3.40. The number of nitrogen functional groups attached to an aromatic ring is 1. The fourth-order valence-electron chi connectivity index (χ4n) is 7.57. The van der Waals surface area contributed by atoms with Crippen molar-refractivity contribution >= 4 is 54.4 Å². The Morgan fingerprint density at radius 3 is 2.49 bits per heavy atom. The second-order valence-electron chi connectivity index (χ2n) is 13.8. The average molecular weight is 690 g/mol. The van der Waals surface area contributed by atoms with Crippen LogP contribution in [0.3, 0.4) is 0 Å². The van der Waals surface area contributed by atoms with E-state index in [1.807, 2.05) is 11.3 Å². The summed E-state index contributed by atoms with van der Waals surface area (Å²) in [5, 5.41) is 0. The highest BCUT2D eigenvalue weighted by Crippen LogP contribution is 2.41. The van der Waals surface area contributed by atoms with Crippen LogP contribution in [0.5, 0.6) is 0 Å². The first-order valence-corrected chi connectivity index (χ1v) is 20.2. The molecular weight excluding hydrogens is 639 g/mol. The largest absolute Gasteiger partial charge is 0.382 e. The van der Waals surface area contributed by atoms with Crippen LogP contribution in [0, 0.1) is 17.8 Å². The summed E-state index contributed by atoms with van der Waals surface area (Å²) in [6.45, 7) is 7.27. The van der Waals surface area contributed by atoms with Gasteiger partial charge in [0.15, 0.2) is 5.82 Å². The third kappa shape index (κ3) is 8.46. The van der Waals surface area contributed by atoms with E-state index in [-0.39, 0.29) is 19.1 Å². The second kappa shape index (κ2) is 15.5. The number of hydrogen-bond donors (Lipinski definition) is 1. The van der Waals surface area contributed by atoms with Gasteiger partial charge in [0.2, 0.25) is 5.91 Å². The van der Waals surface area contributed by atoms with Gasteiger partial charge in [-0.3, -0.25) is 8.98 Å². The lowest BCUT2D eigenvalue weighted by molar-refractivity contribution is -0.138. The molecule has 2 aliphatic heterocycles. The quantitative estimate of drug-likeness (QED) is 0.182. The van der Waals surface area contributed by atoms with Crippen molar-refractivity contribution in [1.29, 1.82) is 0 Å². The molecule has 47 heavy (non-hydrogen) atoms. The molecule has 0 atom stereocenters. The minimum atomic E-state index is -3.44. The van der Waals surface area contributed by atoms with Gasteiger partial charge in [-0.15, -0.1) is 11.3 Å². The number of nitrogens with two attached hydrogens (primary N) is 1. The number of aromatic nitrogens is 3. The van der Waals surface area contributed by atoms with Gasteiger partial charge in [0.1, 0.15) is 11.3 Å². The fourth-order valence-corrected chi connectivity index (χ4v) is 9.26. The van der Waals surface area contributed by atoms with E-state index in [4.69, 9.17) is 29.4 Å². The molecule has 2 saturated heterocycles. The van der Waals surface area contributed by atoms with Gasteiger partial charge in [-0.25, -0.2) is 9.97 Å². The van der Waals surface area contributed by atoms with Crippen molar-refractivity contribution in [2.45, 2.75) is 90.0 Å². The molecule has 3 aromatic heterocycles. The Kier molecular flexibility index (Phi) is 11.4. The van der Waals surface area contributed by atoms with Crippen molar-refractivity contribution in [2.24, 2.45) is 17.8 Å². The summed E-state index contributed by atoms with van der Waals surface area (Å²) in [6, 6.07) is 2.24. The number of unbranched alkanes of at least 4 members (excludes halogenated alkanes) is 1. The fraction of sp³-hybridized carbons (Fsp3) is 0.735. The lowest BCUT2D eigenvalue weighted by Crippen LogP contribution is -2.42. The predicted molar refractivity (Wildman–Crippen MR) is 185 cm³/mol. The molecule has 2 N–H and O–H groups in total. The highest BCUT2D eigenvalue weighted by molar-refractivity contribution is 7.85. The van der Waals surface area contributed by atoms with Gasteiger partial charge in [-0.2, -0.15) is 8.42 Å². The van der Waals surface area contributed by atoms with Crippen LogP contribution >= 0.6 is 11.3 Å². The predicted octanol–water partition coefficient (Wildman–Crippen LogP) is 5.50. The molecule has 3 aromatic rings. The van der Waals surface area contributed by atoms with Crippen molar-refractivity contribution in [3.05, 3.63) is 16.8 Å². The van der Waals surface area contributed by atoms with Crippen LogP contribution in [0.25, 0.3) is 21.3 Å². The van der Waals surface area contributed by atoms with E-state index < -0.39 is 10.1 Å². The number of carbonyl (C=O) groups excluding carboxylic acids is 1. The van der Waals surface area contributed by atoms with Crippen molar-refractivity contribution in [1.82, 2.24) is 19.4 Å². The zero-order valence-corrected chi connectivity index (χ0v) is 29.6. The van der Waals surface area contributed by atoms with Gasteiger partial charge in [0.25, 0.3) is 10.1 Å². The number of piperidine rings is 1. The van der Waals surface area contributed by atoms with Crippen LogP contribution < -0.4 is 5.73 Å². The molecule has 1 amide bonds. The van der Waals surface area contributed by atoms with Crippen LogP contribution in [-0.4, -0.2) is 86.1 Å². The minimum absolute atomic E-state index is 0.0420. The van der Waals surface area contributed by atoms with Gasteiger partial charge in [-0.1, -0.05) is 13.3 Å². The molecule has 260 valence electrons. The van der Waals surface area contributed by atoms with E-state index in [0.29, 0.717) is 36.1 Å². The Labute approximate surface area is 282 Å². The molecule has 5 heterocycles. The number of fused-ring (bicyclic) bond motifs is 3. The number of aryl methyl sites for hydroxylation is 1. The van der Waals surface area contributed by atoms with Crippen LogP contribution in [0.2, 0.25) is 0 Å². The topological polar surface area (TPSA) is 139 Å². The smallest absolute Gasteiger partial charge is 0.264 e. The maximum atomic E-state index is 13.5. The lowest BCUT2D eigenvalue weighted by atomic mass is 9.81. The van der Waals surface area contributed by atoms with Crippen molar-refractivity contribution in [3.63, 3.8) is 0 Å². The first-order chi connectivity index (χ1) is 22.7. The van der Waals surface area contributed by atoms with Crippen LogP contribution in [0.4, 0.5) is 5.82 Å². The number of thiophene rings is 1. The van der Waals surface area contributed by atoms with Crippen molar-refractivity contribution in [3.8, 4) is 0 Å². The number of carbonyl (C=O) groups is 1. The molecule has 6 rings (SSSR count). The molecule has 3 aliphatic rings. The molecule has 0 aromatic carbocycles. The normalized spacial score (nSPS) is 22.0. The summed E-state index contributed by atoms with van der Waals surface area (Å²) in [6.07, 6.45) is 11.9. The van der Waals surface area contributed by atoms with E-state index in [0.717, 1.165) is 132 Å². The molecule has 1 saturated carbocycles. The van der Waals surface area contributed by atoms with Gasteiger partial charge in [0, 0.05) is 56.7 Å². The van der Waals surface area contributed by atoms with Crippen LogP contribution in [-0.2, 0) is 41.5 Å². The number of imidazole rings is 1. The Balaban J connectivity index is 1.07. The number of anilines is 1. The molecule has 3 fully saturated rings. The number of pyridine rings is 1. The number of hydrogen-bond acceptors (Lipinski definition) is 10. The van der Waals surface area contributed by atoms with Crippen LogP contribution in [0.15, 0.2) is 6.07 Å². The standard InChI is InChI=1S/C34H51N5O6S2/c1-3-4-5-29-37-30-31(39(29)21-23-12-16-43-17-13-23)32-27(36-33(30)35)20-28(46-32)25-10-14-38(15-11-25)34(40)26-8-6-24(7-9-26)22-44-18-19-45-47(2,41)42/h20,23-26H,3-19,21-22H2,1-2H3,(H2,35,36). The third-order valence-electron chi connectivity index (χ3n) is 10.3. The summed E-state index contributed by atoms with van der Waals surface area (Å²) >= 11 is 1.85. The van der Waals surface area contributed by atoms with E-state index in [1.165, 1.54) is 9.58 Å². The highest BCUT2D eigenvalue weighted by atomic mass is 32.2. The van der Waals surface area contributed by atoms with Gasteiger partial charge in [0.05, 0.1) is 35.2 Å². The van der Waals surface area contributed by atoms with E-state index in [9.17, 15) is 13.2 Å². The summed E-state index contributed by atoms with van der Waals surface area (Å²) < 4.78 is 41.8. The molecule has 0 unspecified atom stereocenters. The lowest BCUT2D eigenvalue weighted by Gasteiger charge is -2.36. The zero-order chi connectivity index (χ0) is 33.0. The maximum Gasteiger partial charge on any atom is 0.264 e. The van der Waals surface area contributed by atoms with Crippen molar-refractivity contribution in [2.75, 3.05) is 58.1 Å². The van der Waals surface area contributed by atoms with E-state index in [1.54, 1.807) is 0 Å². The summed E-state index contributed by atoms with van der Waals surface area (Å²) in [4.78, 5) is 26.8. The SMILES string of the molecule is CCCCc1nc2c(N)nc3cc(C4CCN(C(=O)C5CCC(COCCOS(C)(=O)=O)CC5)CC4)sc3c2n1CC1CCOCC1. The Morgan fingerprint density at radius 2 is 1.79 bits per heavy atom. The molecule has 0 spiro atoms. The number of nitrogens with zero attached hydrogens (tertiary/aromatic N) is 4. The first-order valence-electron chi connectivity index (χ1n) is 17.6. The van der Waals surface area contributed by atoms with E-state index >= 15 is 0 Å². The third-order valence-corrected chi connectivity index (χ3v) is 12.2. The first kappa shape index (κ1) is 34.5. The number of amides is 1. The van der Waals surface area contributed by atoms with Gasteiger partial charge < -0.3 is 24.7 Å². The molecule has 0 bridgehead atoms. The maximum absolute atomic E-state index is 13.5. The number of likely N-dealkylation sites (tertiary alicyclic amines) is 1. The zero-order valence-electron chi connectivity index (χ0n) is 28.0. The number of ether oxygens (including phenoxy) is 2. The summed E-state index contributed by atoms with van der Waals surface area (Å²) in [7, 11) is -3.44. The van der Waals surface area contributed by atoms with Gasteiger partial charge in [-0.05, 0) is 81.6 Å². The Morgan fingerprint density at radius 1 is 1.04 bits per heavy atom. The molecule has 0 radical (unpaired) electrons. The average Bonchev–Trinajstić information content (AvgIpc) is 3.65. The summed E-state index contributed by atoms with van der Waals surface area (Å²) in [5.41, 5.74) is 9.51. The minimum Gasteiger partial charge on any atom is -0.382 e. The molecule has 11 nitrogen and oxygen atoms in total. The Hall–Kier alpha value is -2.32. The number of rotatable bonds is 13.